The monoisotopic (exact) mass is 436 g/mol. The van der Waals surface area contributed by atoms with Crippen molar-refractivity contribution in [2.45, 2.75) is 6.42 Å². The van der Waals surface area contributed by atoms with Crippen LogP contribution in [-0.2, 0) is 19.1 Å². The average Bonchev–Trinajstić information content (AvgIpc) is 3.10. The molecule has 0 aliphatic carbocycles. The number of ether oxygens (including phenoxy) is 2. The van der Waals surface area contributed by atoms with Crippen molar-refractivity contribution in [1.29, 1.82) is 0 Å². The minimum atomic E-state index is -0.698. The van der Waals surface area contributed by atoms with Gasteiger partial charge in [0.15, 0.2) is 6.61 Å². The molecule has 0 unspecified atom stereocenters. The first-order chi connectivity index (χ1) is 13.9. The molecule has 7 nitrogen and oxygen atoms in total. The fraction of sp³-hybridized carbons (Fsp3) is 0.250. The maximum Gasteiger partial charge on any atom is 0.311 e. The first-order valence-corrected chi connectivity index (χ1v) is 9.50. The minimum absolute atomic E-state index is 0.0319. The second-order valence-corrected chi connectivity index (χ2v) is 7.12. The van der Waals surface area contributed by atoms with Gasteiger partial charge in [-0.1, -0.05) is 41.4 Å². The minimum Gasteiger partial charge on any atom is -0.495 e. The van der Waals surface area contributed by atoms with Crippen molar-refractivity contribution in [3.05, 3.63) is 52.5 Å². The summed E-state index contributed by atoms with van der Waals surface area (Å²) in [4.78, 5) is 38.1. The number of amides is 2. The molecule has 2 amide bonds. The highest BCUT2D eigenvalue weighted by Crippen LogP contribution is 2.35. The standard InChI is InChI=1S/C20H18Cl2N2O5/c1-28-16-8-3-2-6-14(16)23-17(25)11-29-20(27)12-9-18(26)24(10-12)15-7-4-5-13(21)19(15)22/h2-8,12H,9-11H2,1H3,(H,23,25)/t12-/m0/s1. The summed E-state index contributed by atoms with van der Waals surface area (Å²) in [7, 11) is 1.49. The Morgan fingerprint density at radius 1 is 1.17 bits per heavy atom. The van der Waals surface area contributed by atoms with Crippen LogP contribution in [0, 0.1) is 5.92 Å². The van der Waals surface area contributed by atoms with Crippen molar-refractivity contribution >= 4 is 52.4 Å². The van der Waals surface area contributed by atoms with Crippen LogP contribution in [0.3, 0.4) is 0 Å². The van der Waals surface area contributed by atoms with Crippen LogP contribution in [0.25, 0.3) is 0 Å². The van der Waals surface area contributed by atoms with Crippen LogP contribution in [-0.4, -0.2) is 38.0 Å². The summed E-state index contributed by atoms with van der Waals surface area (Å²) >= 11 is 12.2. The van der Waals surface area contributed by atoms with E-state index in [2.05, 4.69) is 5.32 Å². The summed E-state index contributed by atoms with van der Waals surface area (Å²) in [5.41, 5.74) is 0.905. The topological polar surface area (TPSA) is 84.9 Å². The number of nitrogens with one attached hydrogen (secondary N) is 1. The van der Waals surface area contributed by atoms with Crippen LogP contribution in [0.5, 0.6) is 5.75 Å². The Balaban J connectivity index is 1.57. The number of hydrogen-bond acceptors (Lipinski definition) is 5. The first-order valence-electron chi connectivity index (χ1n) is 8.74. The maximum atomic E-state index is 12.3. The van der Waals surface area contributed by atoms with E-state index in [9.17, 15) is 14.4 Å². The predicted molar refractivity (Wildman–Crippen MR) is 110 cm³/mol. The lowest BCUT2D eigenvalue weighted by Gasteiger charge is -2.18. The lowest BCUT2D eigenvalue weighted by atomic mass is 10.1. The van der Waals surface area contributed by atoms with E-state index in [-0.39, 0.29) is 23.9 Å². The van der Waals surface area contributed by atoms with Crippen molar-refractivity contribution in [2.24, 2.45) is 5.92 Å². The van der Waals surface area contributed by atoms with Crippen LogP contribution in [0.15, 0.2) is 42.5 Å². The van der Waals surface area contributed by atoms with E-state index in [0.717, 1.165) is 0 Å². The molecule has 0 saturated carbocycles. The summed E-state index contributed by atoms with van der Waals surface area (Å²) < 4.78 is 10.2. The highest BCUT2D eigenvalue weighted by atomic mass is 35.5. The van der Waals surface area contributed by atoms with Gasteiger partial charge in [0.1, 0.15) is 5.75 Å². The van der Waals surface area contributed by atoms with Gasteiger partial charge in [0.25, 0.3) is 5.91 Å². The van der Waals surface area contributed by atoms with Crippen molar-refractivity contribution in [1.82, 2.24) is 0 Å². The van der Waals surface area contributed by atoms with Gasteiger partial charge in [0, 0.05) is 13.0 Å². The molecule has 0 bridgehead atoms. The molecule has 0 radical (unpaired) electrons. The molecule has 1 heterocycles. The van der Waals surface area contributed by atoms with Crippen molar-refractivity contribution in [3.8, 4) is 5.75 Å². The molecule has 0 spiro atoms. The molecular weight excluding hydrogens is 419 g/mol. The number of rotatable bonds is 6. The van der Waals surface area contributed by atoms with Crippen molar-refractivity contribution in [3.63, 3.8) is 0 Å². The number of nitrogens with zero attached hydrogens (tertiary/aromatic N) is 1. The van der Waals surface area contributed by atoms with Gasteiger partial charge in [-0.2, -0.15) is 0 Å². The summed E-state index contributed by atoms with van der Waals surface area (Å²) in [6.45, 7) is -0.370. The number of hydrogen-bond donors (Lipinski definition) is 1. The summed E-state index contributed by atoms with van der Waals surface area (Å²) in [5.74, 6) is -1.62. The number of anilines is 2. The Kier molecular flexibility index (Phi) is 6.61. The molecule has 2 aromatic carbocycles. The van der Waals surface area contributed by atoms with Gasteiger partial charge in [-0.05, 0) is 24.3 Å². The Morgan fingerprint density at radius 3 is 2.69 bits per heavy atom. The molecule has 1 fully saturated rings. The molecule has 9 heteroatoms. The Bertz CT molecular complexity index is 950. The Labute approximate surface area is 177 Å². The zero-order valence-electron chi connectivity index (χ0n) is 15.5. The zero-order valence-corrected chi connectivity index (χ0v) is 17.0. The largest absolute Gasteiger partial charge is 0.495 e. The van der Waals surface area contributed by atoms with E-state index < -0.39 is 24.4 Å². The SMILES string of the molecule is COc1ccccc1NC(=O)COC(=O)[C@H]1CC(=O)N(c2cccc(Cl)c2Cl)C1. The third kappa shape index (κ3) is 4.81. The fourth-order valence-electron chi connectivity index (χ4n) is 2.99. The first kappa shape index (κ1) is 21.0. The molecule has 1 aliphatic rings. The van der Waals surface area contributed by atoms with Gasteiger partial charge < -0.3 is 19.7 Å². The van der Waals surface area contributed by atoms with Gasteiger partial charge in [0.05, 0.1) is 34.4 Å². The smallest absolute Gasteiger partial charge is 0.311 e. The van der Waals surface area contributed by atoms with Crippen molar-refractivity contribution in [2.75, 3.05) is 30.5 Å². The second kappa shape index (κ2) is 9.15. The number of carbonyl (C=O) groups excluding carboxylic acids is 3. The number of methoxy groups -OCH3 is 1. The maximum absolute atomic E-state index is 12.3. The highest BCUT2D eigenvalue weighted by molar-refractivity contribution is 6.44. The van der Waals surface area contributed by atoms with Gasteiger partial charge in [0.2, 0.25) is 5.91 Å². The average molecular weight is 437 g/mol. The normalized spacial score (nSPS) is 15.9. The predicted octanol–water partition coefficient (Wildman–Crippen LogP) is 3.54. The van der Waals surface area contributed by atoms with Crippen LogP contribution in [0.4, 0.5) is 11.4 Å². The highest BCUT2D eigenvalue weighted by Gasteiger charge is 2.37. The van der Waals surface area contributed by atoms with Gasteiger partial charge in [-0.25, -0.2) is 0 Å². The van der Waals surface area contributed by atoms with Gasteiger partial charge in [-0.15, -0.1) is 0 Å². The van der Waals surface area contributed by atoms with Crippen LogP contribution < -0.4 is 15.0 Å². The molecule has 152 valence electrons. The number of carbonyl (C=O) groups is 3. The lowest BCUT2D eigenvalue weighted by Crippen LogP contribution is -2.28. The number of para-hydroxylation sites is 2. The van der Waals surface area contributed by atoms with Crippen LogP contribution in [0.1, 0.15) is 6.42 Å². The van der Waals surface area contributed by atoms with E-state index in [0.29, 0.717) is 22.1 Å². The van der Waals surface area contributed by atoms with Gasteiger partial charge in [-0.3, -0.25) is 14.4 Å². The fourth-order valence-corrected chi connectivity index (χ4v) is 3.39. The Hall–Kier alpha value is -2.77. The quantitative estimate of drug-likeness (QED) is 0.699. The van der Waals surface area contributed by atoms with E-state index in [4.69, 9.17) is 32.7 Å². The molecule has 1 aliphatic heterocycles. The molecule has 1 N–H and O–H groups in total. The molecule has 1 saturated heterocycles. The van der Waals surface area contributed by atoms with Gasteiger partial charge >= 0.3 is 5.97 Å². The van der Waals surface area contributed by atoms with Crippen LogP contribution in [0.2, 0.25) is 10.0 Å². The van der Waals surface area contributed by atoms with E-state index >= 15 is 0 Å². The molecule has 0 aromatic heterocycles. The van der Waals surface area contributed by atoms with Crippen molar-refractivity contribution < 1.29 is 23.9 Å². The number of esters is 1. The van der Waals surface area contributed by atoms with E-state index in [1.165, 1.54) is 12.0 Å². The second-order valence-electron chi connectivity index (χ2n) is 6.33. The Morgan fingerprint density at radius 2 is 1.93 bits per heavy atom. The molecule has 3 rings (SSSR count). The van der Waals surface area contributed by atoms with E-state index in [1.54, 1.807) is 42.5 Å². The summed E-state index contributed by atoms with van der Waals surface area (Å²) in [6.07, 6.45) is -0.0319. The van der Waals surface area contributed by atoms with Crippen LogP contribution >= 0.6 is 23.2 Å². The van der Waals surface area contributed by atoms with E-state index in [1.807, 2.05) is 0 Å². The third-order valence-corrected chi connectivity index (χ3v) is 5.22. The molecular formula is C20H18Cl2N2O5. The molecule has 29 heavy (non-hydrogen) atoms. The number of benzene rings is 2. The summed E-state index contributed by atoms with van der Waals surface area (Å²) in [6, 6.07) is 11.8. The third-order valence-electron chi connectivity index (χ3n) is 4.41. The molecule has 2 aromatic rings. The molecule has 1 atom stereocenters. The lowest BCUT2D eigenvalue weighted by molar-refractivity contribution is -0.151. The number of halogens is 2. The zero-order chi connectivity index (χ0) is 21.0. The summed E-state index contributed by atoms with van der Waals surface area (Å²) in [5, 5.41) is 3.17.